The summed E-state index contributed by atoms with van der Waals surface area (Å²) in [6.45, 7) is 0.486. The van der Waals surface area contributed by atoms with Gasteiger partial charge in [-0.05, 0) is 18.6 Å². The third-order valence-electron chi connectivity index (χ3n) is 3.13. The van der Waals surface area contributed by atoms with Crippen LogP contribution < -0.4 is 16.4 Å². The van der Waals surface area contributed by atoms with Crippen molar-refractivity contribution in [2.75, 3.05) is 24.7 Å². The lowest BCUT2D eigenvalue weighted by atomic mass is 10.1. The van der Waals surface area contributed by atoms with Crippen LogP contribution in [-0.4, -0.2) is 31.6 Å². The number of piperidine rings is 1. The fourth-order valence-corrected chi connectivity index (χ4v) is 2.39. The largest absolute Gasteiger partial charge is 0.465 e. The summed E-state index contributed by atoms with van der Waals surface area (Å²) in [4.78, 5) is 22.9. The number of benzene rings is 1. The number of hydrogen-bond donors (Lipinski definition) is 3. The summed E-state index contributed by atoms with van der Waals surface area (Å²) >= 11 is 6.15. The van der Waals surface area contributed by atoms with Crippen LogP contribution in [0.15, 0.2) is 12.1 Å². The Labute approximate surface area is 121 Å². The summed E-state index contributed by atoms with van der Waals surface area (Å²) in [5.41, 5.74) is 6.85. The van der Waals surface area contributed by atoms with Crippen molar-refractivity contribution in [1.82, 2.24) is 5.32 Å². The third kappa shape index (κ3) is 3.14. The summed E-state index contributed by atoms with van der Waals surface area (Å²) in [5.74, 6) is -0.485. The average molecular weight is 298 g/mol. The van der Waals surface area contributed by atoms with E-state index in [0.717, 1.165) is 0 Å². The first kappa shape index (κ1) is 14.5. The van der Waals surface area contributed by atoms with Crippen molar-refractivity contribution >= 4 is 34.9 Å². The van der Waals surface area contributed by atoms with Gasteiger partial charge in [-0.2, -0.15) is 0 Å². The molecular formula is C13H16ClN3O3. The molecule has 20 heavy (non-hydrogen) atoms. The van der Waals surface area contributed by atoms with Crippen molar-refractivity contribution in [1.29, 1.82) is 0 Å². The number of carbonyl (C=O) groups is 2. The molecule has 1 aliphatic rings. The molecular weight excluding hydrogens is 282 g/mol. The van der Waals surface area contributed by atoms with Crippen LogP contribution in [0.3, 0.4) is 0 Å². The lowest BCUT2D eigenvalue weighted by Gasteiger charge is -2.26. The second-order valence-corrected chi connectivity index (χ2v) is 5.01. The Hall–Kier alpha value is -1.95. The molecule has 0 aromatic heterocycles. The van der Waals surface area contributed by atoms with E-state index in [-0.39, 0.29) is 17.5 Å². The van der Waals surface area contributed by atoms with Gasteiger partial charge in [0.2, 0.25) is 5.91 Å². The predicted molar refractivity (Wildman–Crippen MR) is 76.9 cm³/mol. The van der Waals surface area contributed by atoms with Crippen LogP contribution >= 0.6 is 11.6 Å². The van der Waals surface area contributed by atoms with Gasteiger partial charge in [0.1, 0.15) is 0 Å². The maximum Gasteiger partial charge on any atom is 0.340 e. The fraction of sp³-hybridized carbons (Fsp3) is 0.385. The van der Waals surface area contributed by atoms with E-state index in [4.69, 9.17) is 22.1 Å². The quantitative estimate of drug-likeness (QED) is 0.579. The zero-order valence-electron chi connectivity index (χ0n) is 11.0. The van der Waals surface area contributed by atoms with Gasteiger partial charge in [-0.15, -0.1) is 0 Å². The summed E-state index contributed by atoms with van der Waals surface area (Å²) in [6.07, 6.45) is 1.12. The minimum atomic E-state index is -0.512. The molecule has 108 valence electrons. The highest BCUT2D eigenvalue weighted by Crippen LogP contribution is 2.31. The molecule has 4 N–H and O–H groups in total. The first-order valence-electron chi connectivity index (χ1n) is 6.22. The van der Waals surface area contributed by atoms with Crippen LogP contribution in [0.2, 0.25) is 5.02 Å². The van der Waals surface area contributed by atoms with Gasteiger partial charge in [0.15, 0.2) is 0 Å². The molecule has 0 saturated carbocycles. The topological polar surface area (TPSA) is 93.4 Å². The number of anilines is 2. The zero-order chi connectivity index (χ0) is 14.7. The van der Waals surface area contributed by atoms with Gasteiger partial charge >= 0.3 is 5.97 Å². The highest BCUT2D eigenvalue weighted by Gasteiger charge is 2.22. The Morgan fingerprint density at radius 3 is 2.90 bits per heavy atom. The highest BCUT2D eigenvalue weighted by atomic mass is 35.5. The van der Waals surface area contributed by atoms with E-state index < -0.39 is 5.97 Å². The highest BCUT2D eigenvalue weighted by molar-refractivity contribution is 6.34. The molecule has 0 spiro atoms. The van der Waals surface area contributed by atoms with E-state index >= 15 is 0 Å². The minimum absolute atomic E-state index is 0.0113. The van der Waals surface area contributed by atoms with Crippen molar-refractivity contribution in [3.05, 3.63) is 22.7 Å². The van der Waals surface area contributed by atoms with E-state index in [1.54, 1.807) is 6.07 Å². The van der Waals surface area contributed by atoms with Gasteiger partial charge in [0, 0.05) is 24.7 Å². The molecule has 1 atom stereocenters. The lowest BCUT2D eigenvalue weighted by Crippen LogP contribution is -2.42. The number of nitrogens with one attached hydrogen (secondary N) is 2. The molecule has 1 aliphatic heterocycles. The number of esters is 1. The number of halogens is 1. The summed E-state index contributed by atoms with van der Waals surface area (Å²) in [7, 11) is 1.30. The molecule has 1 saturated heterocycles. The van der Waals surface area contributed by atoms with Crippen LogP contribution in [0.25, 0.3) is 0 Å². The summed E-state index contributed by atoms with van der Waals surface area (Å²) in [6, 6.07) is 3.09. The normalized spacial score (nSPS) is 18.3. The molecule has 1 amide bonds. The van der Waals surface area contributed by atoms with Gasteiger partial charge in [-0.3, -0.25) is 4.79 Å². The molecule has 6 nitrogen and oxygen atoms in total. The molecule has 7 heteroatoms. The van der Waals surface area contributed by atoms with Crippen molar-refractivity contribution in [3.63, 3.8) is 0 Å². The fourth-order valence-electron chi connectivity index (χ4n) is 2.11. The summed E-state index contributed by atoms with van der Waals surface area (Å²) < 4.78 is 4.73. The smallest absolute Gasteiger partial charge is 0.340 e. The van der Waals surface area contributed by atoms with Crippen molar-refractivity contribution < 1.29 is 14.3 Å². The number of nitrogen functional groups attached to an aromatic ring is 1. The average Bonchev–Trinajstić information content (AvgIpc) is 2.42. The van der Waals surface area contributed by atoms with E-state index in [9.17, 15) is 9.59 Å². The number of nitrogens with two attached hydrogens (primary N) is 1. The van der Waals surface area contributed by atoms with Crippen LogP contribution in [0.1, 0.15) is 23.2 Å². The van der Waals surface area contributed by atoms with E-state index in [2.05, 4.69) is 10.6 Å². The van der Waals surface area contributed by atoms with E-state index in [1.165, 1.54) is 13.2 Å². The maximum absolute atomic E-state index is 11.8. The monoisotopic (exact) mass is 297 g/mol. The van der Waals surface area contributed by atoms with Crippen LogP contribution in [-0.2, 0) is 9.53 Å². The number of hydrogen-bond acceptors (Lipinski definition) is 5. The van der Waals surface area contributed by atoms with Gasteiger partial charge < -0.3 is 21.1 Å². The Kier molecular flexibility index (Phi) is 4.34. The molecule has 2 rings (SSSR count). The molecule has 0 aliphatic carbocycles. The van der Waals surface area contributed by atoms with Gasteiger partial charge in [0.05, 0.1) is 23.4 Å². The second-order valence-electron chi connectivity index (χ2n) is 4.60. The lowest BCUT2D eigenvalue weighted by molar-refractivity contribution is -0.122. The molecule has 1 unspecified atom stereocenters. The third-order valence-corrected chi connectivity index (χ3v) is 3.43. The van der Waals surface area contributed by atoms with Crippen LogP contribution in [0.5, 0.6) is 0 Å². The first-order chi connectivity index (χ1) is 9.51. The number of ether oxygens (including phenoxy) is 1. The zero-order valence-corrected chi connectivity index (χ0v) is 11.8. The number of methoxy groups -OCH3 is 1. The molecule has 1 aromatic rings. The predicted octanol–water partition coefficient (Wildman–Crippen LogP) is 1.40. The van der Waals surface area contributed by atoms with Crippen LogP contribution in [0.4, 0.5) is 11.4 Å². The Balaban J connectivity index is 2.25. The standard InChI is InChI=1S/C13H16ClN3O3/c1-20-13(19)9-4-7(15)5-10(14)12(9)17-8-2-3-11(18)16-6-8/h4-5,8,17H,2-3,6,15H2,1H3,(H,16,18). The Bertz CT molecular complexity index is 538. The molecule has 1 heterocycles. The van der Waals surface area contributed by atoms with E-state index in [1.807, 2.05) is 0 Å². The SMILES string of the molecule is COC(=O)c1cc(N)cc(Cl)c1NC1CCC(=O)NC1. The Morgan fingerprint density at radius 1 is 1.55 bits per heavy atom. The van der Waals surface area contributed by atoms with Crippen LogP contribution in [0, 0.1) is 0 Å². The molecule has 0 bridgehead atoms. The van der Waals surface area contributed by atoms with Crippen molar-refractivity contribution in [2.24, 2.45) is 0 Å². The first-order valence-corrected chi connectivity index (χ1v) is 6.59. The molecule has 0 radical (unpaired) electrons. The number of amides is 1. The number of rotatable bonds is 3. The van der Waals surface area contributed by atoms with E-state index in [0.29, 0.717) is 35.8 Å². The van der Waals surface area contributed by atoms with Crippen molar-refractivity contribution in [3.8, 4) is 0 Å². The summed E-state index contributed by atoms with van der Waals surface area (Å²) in [5, 5.41) is 6.29. The van der Waals surface area contributed by atoms with Gasteiger partial charge in [0.25, 0.3) is 0 Å². The molecule has 1 fully saturated rings. The Morgan fingerprint density at radius 2 is 2.30 bits per heavy atom. The minimum Gasteiger partial charge on any atom is -0.465 e. The number of carbonyl (C=O) groups excluding carboxylic acids is 2. The van der Waals surface area contributed by atoms with Gasteiger partial charge in [-0.25, -0.2) is 4.79 Å². The van der Waals surface area contributed by atoms with Crippen molar-refractivity contribution in [2.45, 2.75) is 18.9 Å². The maximum atomic E-state index is 11.8. The second kappa shape index (κ2) is 6.00. The van der Waals surface area contributed by atoms with Gasteiger partial charge in [-0.1, -0.05) is 11.6 Å². The molecule has 1 aromatic carbocycles.